The lowest BCUT2D eigenvalue weighted by atomic mass is 9.72. The number of Topliss-reactive ketones (excluding diaryl/α,β-unsaturated/α-hetero) is 2. The van der Waals surface area contributed by atoms with Gasteiger partial charge < -0.3 is 0 Å². The summed E-state index contributed by atoms with van der Waals surface area (Å²) < 4.78 is 0. The molecule has 0 unspecified atom stereocenters. The molecule has 2 saturated carbocycles. The zero-order chi connectivity index (χ0) is 14.2. The van der Waals surface area contributed by atoms with Crippen molar-refractivity contribution in [3.63, 3.8) is 0 Å². The smallest absolute Gasteiger partial charge is 0.133 e. The van der Waals surface area contributed by atoms with Crippen molar-refractivity contribution in [3.8, 4) is 0 Å². The van der Waals surface area contributed by atoms with Crippen LogP contribution in [0.15, 0.2) is 11.1 Å². The second kappa shape index (κ2) is 5.60. The second-order valence-electron chi connectivity index (χ2n) is 6.61. The maximum Gasteiger partial charge on any atom is 0.133 e. The molecule has 0 aromatic rings. The minimum absolute atomic E-state index is 0.197. The molecule has 0 radical (unpaired) electrons. The van der Waals surface area contributed by atoms with E-state index in [4.69, 9.17) is 0 Å². The van der Waals surface area contributed by atoms with E-state index in [9.17, 15) is 9.59 Å². The van der Waals surface area contributed by atoms with Crippen LogP contribution < -0.4 is 0 Å². The van der Waals surface area contributed by atoms with Crippen LogP contribution in [0.4, 0.5) is 0 Å². The van der Waals surface area contributed by atoms with Crippen molar-refractivity contribution in [2.45, 2.75) is 59.8 Å². The summed E-state index contributed by atoms with van der Waals surface area (Å²) >= 11 is 0. The highest BCUT2D eigenvalue weighted by Gasteiger charge is 2.43. The third kappa shape index (κ3) is 2.68. The molecular weight excluding hydrogens is 236 g/mol. The zero-order valence-electron chi connectivity index (χ0n) is 12.7. The van der Waals surface area contributed by atoms with Gasteiger partial charge in [0, 0.05) is 11.8 Å². The SMILES string of the molecule is CC(=O)[C@H]1CCC[C@@H](C(C)=O)[C@@H]2CC[C@H]1C2=C(C)C. The Morgan fingerprint density at radius 2 is 1.21 bits per heavy atom. The number of carbonyl (C=O) groups is 2. The van der Waals surface area contributed by atoms with E-state index in [0.29, 0.717) is 23.4 Å². The molecule has 0 N–H and O–H groups in total. The van der Waals surface area contributed by atoms with Gasteiger partial charge in [-0.1, -0.05) is 17.6 Å². The second-order valence-corrected chi connectivity index (χ2v) is 6.61. The van der Waals surface area contributed by atoms with Gasteiger partial charge >= 0.3 is 0 Å². The molecule has 2 rings (SSSR count). The van der Waals surface area contributed by atoms with Crippen LogP contribution in [-0.2, 0) is 9.59 Å². The first-order chi connectivity index (χ1) is 8.93. The molecule has 2 heteroatoms. The van der Waals surface area contributed by atoms with Crippen molar-refractivity contribution in [2.24, 2.45) is 23.7 Å². The van der Waals surface area contributed by atoms with Crippen molar-refractivity contribution in [1.29, 1.82) is 0 Å². The van der Waals surface area contributed by atoms with Crippen LogP contribution in [0.2, 0.25) is 0 Å². The van der Waals surface area contributed by atoms with Crippen molar-refractivity contribution < 1.29 is 9.59 Å². The van der Waals surface area contributed by atoms with Gasteiger partial charge in [-0.15, -0.1) is 0 Å². The summed E-state index contributed by atoms with van der Waals surface area (Å²) in [6, 6.07) is 0. The highest BCUT2D eigenvalue weighted by Crippen LogP contribution is 2.50. The number of hydrogen-bond donors (Lipinski definition) is 0. The molecule has 2 fully saturated rings. The summed E-state index contributed by atoms with van der Waals surface area (Å²) in [7, 11) is 0. The number of carbonyl (C=O) groups excluding carboxylic acids is 2. The Hall–Kier alpha value is -0.920. The standard InChI is InChI=1S/C17H26O2/c1-10(2)17-15-8-9-16(17)14(12(4)19)7-5-6-13(15)11(3)18/h13-16H,5-9H2,1-4H3/t13-,14+,15-,16+. The Balaban J connectivity index is 2.40. The molecule has 2 aliphatic rings. The van der Waals surface area contributed by atoms with Crippen LogP contribution >= 0.6 is 0 Å². The zero-order valence-corrected chi connectivity index (χ0v) is 12.7. The quantitative estimate of drug-likeness (QED) is 0.706. The van der Waals surface area contributed by atoms with Gasteiger partial charge in [0.15, 0.2) is 0 Å². The predicted octanol–water partition coefficient (Wildman–Crippen LogP) is 3.94. The van der Waals surface area contributed by atoms with Crippen molar-refractivity contribution in [3.05, 3.63) is 11.1 Å². The Kier molecular flexibility index (Phi) is 4.27. The Bertz CT molecular complexity index is 383. The number of ketones is 2. The Morgan fingerprint density at radius 1 is 0.789 bits per heavy atom. The van der Waals surface area contributed by atoms with Gasteiger partial charge in [0.05, 0.1) is 0 Å². The van der Waals surface area contributed by atoms with Crippen LogP contribution in [-0.4, -0.2) is 11.6 Å². The maximum absolute atomic E-state index is 11.9. The molecule has 0 heterocycles. The summed E-state index contributed by atoms with van der Waals surface area (Å²) in [4.78, 5) is 23.9. The van der Waals surface area contributed by atoms with Gasteiger partial charge in [-0.05, 0) is 65.2 Å². The van der Waals surface area contributed by atoms with Gasteiger partial charge in [0.2, 0.25) is 0 Å². The van der Waals surface area contributed by atoms with E-state index < -0.39 is 0 Å². The first-order valence-electron chi connectivity index (χ1n) is 7.61. The number of rotatable bonds is 2. The fraction of sp³-hybridized carbons (Fsp3) is 0.765. The van der Waals surface area contributed by atoms with E-state index >= 15 is 0 Å². The normalized spacial score (nSPS) is 34.6. The summed E-state index contributed by atoms with van der Waals surface area (Å²) in [6.45, 7) is 7.78. The third-order valence-corrected chi connectivity index (χ3v) is 5.21. The lowest BCUT2D eigenvalue weighted by Crippen LogP contribution is -2.29. The molecule has 2 nitrogen and oxygen atoms in total. The minimum Gasteiger partial charge on any atom is -0.300 e. The molecule has 2 bridgehead atoms. The van der Waals surface area contributed by atoms with Gasteiger partial charge in [-0.2, -0.15) is 0 Å². The molecule has 19 heavy (non-hydrogen) atoms. The highest BCUT2D eigenvalue weighted by molar-refractivity contribution is 5.81. The van der Waals surface area contributed by atoms with Crippen LogP contribution in [0, 0.1) is 23.7 Å². The molecule has 0 aromatic heterocycles. The monoisotopic (exact) mass is 262 g/mol. The largest absolute Gasteiger partial charge is 0.300 e. The molecule has 2 aliphatic carbocycles. The van der Waals surface area contributed by atoms with Gasteiger partial charge in [-0.25, -0.2) is 0 Å². The van der Waals surface area contributed by atoms with Crippen LogP contribution in [0.1, 0.15) is 59.8 Å². The molecule has 0 aromatic carbocycles. The topological polar surface area (TPSA) is 34.1 Å². The van der Waals surface area contributed by atoms with Crippen molar-refractivity contribution in [1.82, 2.24) is 0 Å². The molecule has 0 saturated heterocycles. The number of allylic oxidation sites excluding steroid dienone is 2. The van der Waals surface area contributed by atoms with Gasteiger partial charge in [-0.3, -0.25) is 9.59 Å². The number of hydrogen-bond acceptors (Lipinski definition) is 2. The average Bonchev–Trinajstić information content (AvgIpc) is 2.71. The summed E-state index contributed by atoms with van der Waals surface area (Å²) in [5.74, 6) is 1.89. The lowest BCUT2D eigenvalue weighted by Gasteiger charge is -2.32. The highest BCUT2D eigenvalue weighted by atomic mass is 16.1. The van der Waals surface area contributed by atoms with E-state index in [1.807, 2.05) is 0 Å². The van der Waals surface area contributed by atoms with Gasteiger partial charge in [0.25, 0.3) is 0 Å². The molecule has 0 spiro atoms. The average molecular weight is 262 g/mol. The molecule has 0 aliphatic heterocycles. The fourth-order valence-corrected chi connectivity index (χ4v) is 4.46. The predicted molar refractivity (Wildman–Crippen MR) is 76.8 cm³/mol. The van der Waals surface area contributed by atoms with Crippen LogP contribution in [0.3, 0.4) is 0 Å². The summed E-state index contributed by atoms with van der Waals surface area (Å²) in [6.07, 6.45) is 5.15. The van der Waals surface area contributed by atoms with Crippen molar-refractivity contribution in [2.75, 3.05) is 0 Å². The third-order valence-electron chi connectivity index (χ3n) is 5.21. The first-order valence-corrected chi connectivity index (χ1v) is 7.61. The minimum atomic E-state index is 0.197. The van der Waals surface area contributed by atoms with E-state index in [1.165, 1.54) is 11.1 Å². The Morgan fingerprint density at radius 3 is 1.53 bits per heavy atom. The van der Waals surface area contributed by atoms with Crippen LogP contribution in [0.5, 0.6) is 0 Å². The number of fused-ring (bicyclic) bond motifs is 2. The lowest BCUT2D eigenvalue weighted by molar-refractivity contribution is -0.122. The van der Waals surface area contributed by atoms with E-state index in [0.717, 1.165) is 32.1 Å². The van der Waals surface area contributed by atoms with E-state index in [-0.39, 0.29) is 11.8 Å². The van der Waals surface area contributed by atoms with E-state index in [1.54, 1.807) is 13.8 Å². The first kappa shape index (κ1) is 14.5. The molecular formula is C17H26O2. The van der Waals surface area contributed by atoms with Crippen LogP contribution in [0.25, 0.3) is 0 Å². The Labute approximate surface area is 116 Å². The fourth-order valence-electron chi connectivity index (χ4n) is 4.46. The van der Waals surface area contributed by atoms with Gasteiger partial charge in [0.1, 0.15) is 11.6 Å². The summed E-state index contributed by atoms with van der Waals surface area (Å²) in [5.41, 5.74) is 2.78. The molecule has 0 amide bonds. The molecule has 106 valence electrons. The summed E-state index contributed by atoms with van der Waals surface area (Å²) in [5, 5.41) is 0. The van der Waals surface area contributed by atoms with Crippen molar-refractivity contribution >= 4 is 11.6 Å². The molecule has 4 atom stereocenters. The van der Waals surface area contributed by atoms with E-state index in [2.05, 4.69) is 13.8 Å². The maximum atomic E-state index is 11.9.